The maximum absolute atomic E-state index is 13.0. The van der Waals surface area contributed by atoms with Crippen molar-refractivity contribution in [2.45, 2.75) is 195 Å². The standard InChI is InChI=1S/2C30H40N4O6.C19H29NO3.C11H13N3O4/c2*1-6-40-27(38)13-20(19-7-18(2)8-22(9-19)30(3,4)5)11-25(36)15-31-28(39)21-10-23(14-24(35)12-21)34-29-32-16-26(37)17-33-29;1-6-23-18(22)11-15(10-17(21)12-20)14-7-13(2)8-16(9-14)19(3,4)5;15-8-2-6(10(17)18)1-7(3-8)14-11-12-4-9(16)5-13-11/h2*7-10,12,14,20,26,35,37H,6,11,13,15-17H2,1-5H3,(H,31,39)(H2,32,33,34);7-9,15H,6,10-12,20H2,1-5H3;1-3,9,15-16H,4-5H2,(H,17,18)(H2,12,13,14). The Balaban J connectivity index is 0.000000262. The van der Waals surface area contributed by atoms with E-state index < -0.39 is 47.9 Å². The lowest BCUT2D eigenvalue weighted by molar-refractivity contribution is -0.144. The number of Topliss-reactive ketones (excluding diaryl/α,β-unsaturated/α-hetero) is 3. The van der Waals surface area contributed by atoms with Crippen molar-refractivity contribution in [1.29, 1.82) is 0 Å². The number of nitrogens with two attached hydrogens (primary N) is 1. The molecule has 0 saturated carbocycles. The van der Waals surface area contributed by atoms with Gasteiger partial charge >= 0.3 is 23.9 Å². The van der Waals surface area contributed by atoms with Gasteiger partial charge in [0.05, 0.1) is 102 Å². The first kappa shape index (κ1) is 98.0. The molecule has 0 fully saturated rings. The molecule has 6 aromatic carbocycles. The second-order valence-corrected chi connectivity index (χ2v) is 33.2. The summed E-state index contributed by atoms with van der Waals surface area (Å²) in [5.74, 6) is -3.89. The Morgan fingerprint density at radius 1 is 0.413 bits per heavy atom. The van der Waals surface area contributed by atoms with Gasteiger partial charge in [-0.05, 0) is 128 Å². The molecule has 0 saturated heterocycles. The molecule has 0 bridgehead atoms. The number of carbonyl (C=O) groups excluding carboxylic acids is 8. The predicted molar refractivity (Wildman–Crippen MR) is 465 cm³/mol. The number of aliphatic hydroxyl groups is 3. The summed E-state index contributed by atoms with van der Waals surface area (Å²) in [6, 6.07) is 31.0. The molecule has 17 N–H and O–H groups in total. The molecule has 656 valence electrons. The maximum Gasteiger partial charge on any atom is 0.335 e. The Kier molecular flexibility index (Phi) is 37.4. The fourth-order valence-corrected chi connectivity index (χ4v) is 12.9. The van der Waals surface area contributed by atoms with Gasteiger partial charge in [0.15, 0.2) is 29.4 Å². The molecule has 0 radical (unpaired) electrons. The van der Waals surface area contributed by atoms with Crippen LogP contribution in [0, 0.1) is 20.8 Å². The van der Waals surface area contributed by atoms with Crippen LogP contribution in [0.4, 0.5) is 17.1 Å². The number of esters is 3. The molecule has 3 aliphatic rings. The van der Waals surface area contributed by atoms with Gasteiger partial charge in [-0.1, -0.05) is 134 Å². The monoisotopic (exact) mass is 1670 g/mol. The van der Waals surface area contributed by atoms with Gasteiger partial charge in [-0.25, -0.2) is 4.79 Å². The smallest absolute Gasteiger partial charge is 0.335 e. The summed E-state index contributed by atoms with van der Waals surface area (Å²) in [5.41, 5.74) is 16.2. The highest BCUT2D eigenvalue weighted by Gasteiger charge is 2.29. The van der Waals surface area contributed by atoms with Crippen molar-refractivity contribution in [3.8, 4) is 17.2 Å². The first-order valence-corrected chi connectivity index (χ1v) is 40.5. The number of rotatable bonds is 29. The third-order valence-electron chi connectivity index (χ3n) is 19.2. The average molecular weight is 1680 g/mol. The molecule has 6 atom stereocenters. The number of guanidine groups is 3. The Morgan fingerprint density at radius 2 is 0.694 bits per heavy atom. The van der Waals surface area contributed by atoms with E-state index in [4.69, 9.17) is 25.1 Å². The van der Waals surface area contributed by atoms with E-state index in [0.29, 0.717) is 61.2 Å². The van der Waals surface area contributed by atoms with Gasteiger partial charge in [-0.3, -0.25) is 53.3 Å². The number of hydrogen-bond donors (Lipinski definition) is 16. The number of aliphatic imine (C=N–C) groups is 3. The van der Waals surface area contributed by atoms with Crippen LogP contribution in [0.5, 0.6) is 17.2 Å². The second kappa shape index (κ2) is 46.1. The fourth-order valence-electron chi connectivity index (χ4n) is 12.9. The summed E-state index contributed by atoms with van der Waals surface area (Å²) in [6.07, 6.45) is -0.987. The van der Waals surface area contributed by atoms with Gasteiger partial charge in [0.1, 0.15) is 23.0 Å². The van der Waals surface area contributed by atoms with Crippen LogP contribution in [-0.2, 0) is 59.2 Å². The number of aryl methyl sites for hydroxylation is 3. The van der Waals surface area contributed by atoms with Crippen molar-refractivity contribution in [2.24, 2.45) is 20.7 Å². The number of aromatic hydroxyl groups is 3. The number of phenolic OH excluding ortho intramolecular Hbond substituents is 3. The minimum atomic E-state index is -1.12. The summed E-state index contributed by atoms with van der Waals surface area (Å²) in [5, 5.41) is 89.6. The summed E-state index contributed by atoms with van der Waals surface area (Å²) in [6.45, 7) is 32.5. The molecule has 0 aromatic heterocycles. The van der Waals surface area contributed by atoms with Crippen molar-refractivity contribution in [1.82, 2.24) is 26.6 Å². The molecular formula is C90H122N12O19. The van der Waals surface area contributed by atoms with Crippen molar-refractivity contribution in [2.75, 3.05) is 94.7 Å². The lowest BCUT2D eigenvalue weighted by Gasteiger charge is -2.23. The number of aliphatic hydroxyl groups excluding tert-OH is 3. The number of aromatic carboxylic acids is 1. The number of β-amino-alcohol motifs (C(OH)–C–C–N with tert-alkyl or cyclic N) is 3. The average Bonchev–Trinajstić information content (AvgIpc) is 0.894. The van der Waals surface area contributed by atoms with E-state index >= 15 is 0 Å². The van der Waals surface area contributed by atoms with Gasteiger partial charge in [0, 0.05) is 103 Å². The van der Waals surface area contributed by atoms with Crippen LogP contribution in [0.2, 0.25) is 0 Å². The van der Waals surface area contributed by atoms with E-state index in [1.807, 2.05) is 51.1 Å². The van der Waals surface area contributed by atoms with Gasteiger partial charge in [-0.2, -0.15) is 0 Å². The molecule has 2 amide bonds. The van der Waals surface area contributed by atoms with Crippen molar-refractivity contribution in [3.05, 3.63) is 176 Å². The number of carbonyl (C=O) groups is 9. The molecular weight excluding hydrogens is 1550 g/mol. The summed E-state index contributed by atoms with van der Waals surface area (Å²) in [7, 11) is 0. The number of benzene rings is 6. The molecule has 0 spiro atoms. The van der Waals surface area contributed by atoms with E-state index in [2.05, 4.69) is 144 Å². The Hall–Kier alpha value is -11.8. The topological polar surface area (TPSA) is 482 Å². The normalized spacial score (nSPS) is 15.7. The summed E-state index contributed by atoms with van der Waals surface area (Å²) >= 11 is 0. The van der Waals surface area contributed by atoms with E-state index in [9.17, 15) is 73.8 Å². The molecule has 0 aliphatic carbocycles. The van der Waals surface area contributed by atoms with Crippen LogP contribution in [-0.4, -0.2) is 204 Å². The van der Waals surface area contributed by atoms with E-state index in [0.717, 1.165) is 50.6 Å². The van der Waals surface area contributed by atoms with Gasteiger partial charge < -0.3 is 98.2 Å². The van der Waals surface area contributed by atoms with Crippen LogP contribution >= 0.6 is 0 Å². The van der Waals surface area contributed by atoms with Crippen molar-refractivity contribution in [3.63, 3.8) is 0 Å². The van der Waals surface area contributed by atoms with Crippen LogP contribution in [0.3, 0.4) is 0 Å². The Morgan fingerprint density at radius 3 is 0.950 bits per heavy atom. The lowest BCUT2D eigenvalue weighted by atomic mass is 9.81. The molecule has 121 heavy (non-hydrogen) atoms. The maximum atomic E-state index is 13.0. The Labute approximate surface area is 707 Å². The Bertz CT molecular complexity index is 4520. The zero-order valence-electron chi connectivity index (χ0n) is 72.0. The minimum absolute atomic E-state index is 0.00271. The highest BCUT2D eigenvalue weighted by molar-refractivity contribution is 6.02. The SMILES string of the molecule is CCOC(=O)CC(CC(=O)CN)c1cc(C)cc(C(C)(C)C)c1.CCOC(=O)CC(CC(=O)CNC(=O)c1cc(O)cc(NC2=NCC(O)CN2)c1)c1cc(C)cc(C(C)(C)C)c1.CCOC(=O)CC(CC(=O)CNC(=O)c1cc(O)cc(NC2=NCC(O)CN2)c1)c1cc(C)cc(C(C)(C)C)c1.O=C(O)c1cc(O)cc(NC2=NCC(O)CN2)c1. The number of anilines is 3. The van der Waals surface area contributed by atoms with E-state index in [-0.39, 0.29) is 182 Å². The van der Waals surface area contributed by atoms with E-state index in [1.165, 1.54) is 54.1 Å². The zero-order valence-corrected chi connectivity index (χ0v) is 72.0. The molecule has 31 heteroatoms. The number of ketones is 3. The van der Waals surface area contributed by atoms with Crippen molar-refractivity contribution < 1.29 is 93.1 Å². The first-order valence-electron chi connectivity index (χ1n) is 40.5. The first-order chi connectivity index (χ1) is 56.9. The largest absolute Gasteiger partial charge is 0.508 e. The number of nitrogens with one attached hydrogen (secondary N) is 8. The number of phenols is 3. The number of amides is 2. The van der Waals surface area contributed by atoms with E-state index in [1.54, 1.807) is 20.8 Å². The number of hydrogen-bond acceptors (Lipinski definition) is 28. The molecule has 3 heterocycles. The highest BCUT2D eigenvalue weighted by Crippen LogP contribution is 2.36. The third kappa shape index (κ3) is 34.1. The quantitative estimate of drug-likeness (QED) is 0.0153. The third-order valence-corrected chi connectivity index (χ3v) is 19.2. The lowest BCUT2D eigenvalue weighted by Crippen LogP contribution is -2.42. The molecule has 6 unspecified atom stereocenters. The van der Waals surface area contributed by atoms with Crippen LogP contribution < -0.4 is 48.3 Å². The number of carboxylic acids is 1. The predicted octanol–water partition coefficient (Wildman–Crippen LogP) is 9.38. The highest BCUT2D eigenvalue weighted by atomic mass is 16.5. The number of nitrogens with zero attached hydrogens (tertiary/aromatic N) is 3. The number of carboxylic acid groups (broad SMARTS) is 1. The summed E-state index contributed by atoms with van der Waals surface area (Å²) < 4.78 is 15.4. The zero-order chi connectivity index (χ0) is 89.6. The van der Waals surface area contributed by atoms with Crippen LogP contribution in [0.15, 0.2) is 124 Å². The fraction of sp³-hybridized carbons (Fsp3) is 0.467. The minimum Gasteiger partial charge on any atom is -0.508 e. The summed E-state index contributed by atoms with van der Waals surface area (Å²) in [4.78, 5) is 123. The van der Waals surface area contributed by atoms with Gasteiger partial charge in [0.25, 0.3) is 11.8 Å². The second-order valence-electron chi connectivity index (χ2n) is 33.2. The molecule has 6 aromatic rings. The van der Waals surface area contributed by atoms with Gasteiger partial charge in [0.2, 0.25) is 0 Å². The molecule has 3 aliphatic heterocycles. The van der Waals surface area contributed by atoms with Crippen LogP contribution in [0.1, 0.15) is 221 Å². The van der Waals surface area contributed by atoms with Crippen LogP contribution in [0.25, 0.3) is 0 Å². The van der Waals surface area contributed by atoms with Gasteiger partial charge in [-0.15, -0.1) is 0 Å². The molecule has 31 nitrogen and oxygen atoms in total. The van der Waals surface area contributed by atoms with Crippen molar-refractivity contribution >= 4 is 88.0 Å². The number of ether oxygens (including phenoxy) is 3. The molecule has 9 rings (SSSR count).